The first-order chi connectivity index (χ1) is 21.7. The lowest BCUT2D eigenvalue weighted by Gasteiger charge is -2.36. The molecular formula is C35H32F6N2O3. The molecule has 0 saturated heterocycles. The number of rotatable bonds is 11. The van der Waals surface area contributed by atoms with Gasteiger partial charge < -0.3 is 15.3 Å². The predicted octanol–water partition coefficient (Wildman–Crippen LogP) is 7.84. The lowest BCUT2D eigenvalue weighted by molar-refractivity contribution is -0.143. The third-order valence-electron chi connectivity index (χ3n) is 7.69. The van der Waals surface area contributed by atoms with Gasteiger partial charge in [0.25, 0.3) is 5.91 Å². The number of hydrogen-bond acceptors (Lipinski definition) is 3. The van der Waals surface area contributed by atoms with Crippen molar-refractivity contribution in [1.29, 1.82) is 0 Å². The molecule has 0 aliphatic heterocycles. The van der Waals surface area contributed by atoms with E-state index in [2.05, 4.69) is 5.32 Å². The van der Waals surface area contributed by atoms with E-state index in [1.165, 1.54) is 19.2 Å². The van der Waals surface area contributed by atoms with E-state index in [9.17, 15) is 41.0 Å². The van der Waals surface area contributed by atoms with E-state index in [-0.39, 0.29) is 37.1 Å². The number of aromatic hydroxyl groups is 1. The second-order valence-electron chi connectivity index (χ2n) is 10.9. The second kappa shape index (κ2) is 14.5. The van der Waals surface area contributed by atoms with Crippen molar-refractivity contribution in [2.75, 3.05) is 13.6 Å². The van der Waals surface area contributed by atoms with Crippen molar-refractivity contribution < 1.29 is 41.0 Å². The normalized spacial score (nSPS) is 12.5. The summed E-state index contributed by atoms with van der Waals surface area (Å²) in [4.78, 5) is 27.9. The van der Waals surface area contributed by atoms with E-state index < -0.39 is 46.9 Å². The third kappa shape index (κ3) is 8.89. The summed E-state index contributed by atoms with van der Waals surface area (Å²) < 4.78 is 81.7. The number of nitrogens with one attached hydrogen (secondary N) is 1. The zero-order valence-corrected chi connectivity index (χ0v) is 24.8. The summed E-state index contributed by atoms with van der Waals surface area (Å²) in [6.07, 6.45) is -9.79. The van der Waals surface area contributed by atoms with Crippen LogP contribution in [0.25, 0.3) is 0 Å². The maximum Gasteiger partial charge on any atom is 0.416 e. The molecule has 0 saturated carbocycles. The van der Waals surface area contributed by atoms with Gasteiger partial charge in [-0.25, -0.2) is 0 Å². The maximum absolute atomic E-state index is 13.8. The molecule has 11 heteroatoms. The van der Waals surface area contributed by atoms with Crippen LogP contribution in [-0.4, -0.2) is 41.5 Å². The van der Waals surface area contributed by atoms with Gasteiger partial charge in [-0.2, -0.15) is 26.3 Å². The lowest BCUT2D eigenvalue weighted by Crippen LogP contribution is -2.42. The number of amides is 2. The fourth-order valence-corrected chi connectivity index (χ4v) is 5.35. The molecule has 0 spiro atoms. The van der Waals surface area contributed by atoms with Crippen LogP contribution in [0.3, 0.4) is 0 Å². The first-order valence-corrected chi connectivity index (χ1v) is 14.4. The fourth-order valence-electron chi connectivity index (χ4n) is 5.35. The van der Waals surface area contributed by atoms with E-state index >= 15 is 0 Å². The monoisotopic (exact) mass is 642 g/mol. The Balaban J connectivity index is 1.66. The molecular weight excluding hydrogens is 610 g/mol. The van der Waals surface area contributed by atoms with Crippen molar-refractivity contribution in [2.24, 2.45) is 0 Å². The number of nitrogens with zero attached hydrogens (tertiary/aromatic N) is 1. The Morgan fingerprint density at radius 2 is 1.26 bits per heavy atom. The highest BCUT2D eigenvalue weighted by atomic mass is 19.4. The first kappa shape index (κ1) is 34.1. The summed E-state index contributed by atoms with van der Waals surface area (Å²) in [5, 5.41) is 12.3. The van der Waals surface area contributed by atoms with Gasteiger partial charge in [-0.3, -0.25) is 9.59 Å². The van der Waals surface area contributed by atoms with E-state index in [1.54, 1.807) is 48.5 Å². The number of phenols is 1. The Labute approximate surface area is 262 Å². The number of likely N-dealkylation sites (N-methyl/N-ethyl adjacent to an activating group) is 1. The number of benzene rings is 4. The van der Waals surface area contributed by atoms with Crippen molar-refractivity contribution in [1.82, 2.24) is 10.2 Å². The van der Waals surface area contributed by atoms with Crippen LogP contribution < -0.4 is 5.32 Å². The molecule has 0 fully saturated rings. The molecule has 0 aliphatic carbocycles. The van der Waals surface area contributed by atoms with Crippen LogP contribution in [0.1, 0.15) is 56.9 Å². The molecule has 5 nitrogen and oxygen atoms in total. The van der Waals surface area contributed by atoms with E-state index in [4.69, 9.17) is 0 Å². The van der Waals surface area contributed by atoms with Crippen molar-refractivity contribution in [3.63, 3.8) is 0 Å². The Hall–Kier alpha value is -4.80. The zero-order chi connectivity index (χ0) is 33.5. The van der Waals surface area contributed by atoms with Gasteiger partial charge in [0.05, 0.1) is 11.1 Å². The van der Waals surface area contributed by atoms with Crippen molar-refractivity contribution in [2.45, 2.75) is 43.6 Å². The van der Waals surface area contributed by atoms with E-state index in [0.29, 0.717) is 18.6 Å². The van der Waals surface area contributed by atoms with Crippen LogP contribution in [0.5, 0.6) is 5.75 Å². The van der Waals surface area contributed by atoms with Crippen LogP contribution in [0.15, 0.2) is 103 Å². The standard InChI is InChI=1S/C35H32F6N2O3/c1-43(33(46)26-20-27(34(36,37)38)22-28(21-26)35(39,40)41)30(16-17-31(45)42-19-18-23-12-14-29(44)15-13-23)32(24-8-4-2-5-9-24)25-10-6-3-7-11-25/h2-15,20-22,30,32,44H,16-19H2,1H3,(H,42,45). The van der Waals surface area contributed by atoms with Crippen molar-refractivity contribution in [3.05, 3.63) is 137 Å². The van der Waals surface area contributed by atoms with Gasteiger partial charge in [0.2, 0.25) is 5.91 Å². The molecule has 0 aromatic heterocycles. The smallest absolute Gasteiger partial charge is 0.416 e. The van der Waals surface area contributed by atoms with E-state index in [0.717, 1.165) is 21.6 Å². The summed E-state index contributed by atoms with van der Waals surface area (Å²) in [5.41, 5.74) is -1.59. The Kier molecular flexibility index (Phi) is 10.8. The summed E-state index contributed by atoms with van der Waals surface area (Å²) >= 11 is 0. The molecule has 0 radical (unpaired) electrons. The molecule has 4 aromatic rings. The molecule has 4 rings (SSSR count). The van der Waals surface area contributed by atoms with Gasteiger partial charge in [-0.05, 0) is 59.9 Å². The highest BCUT2D eigenvalue weighted by molar-refractivity contribution is 5.95. The molecule has 1 atom stereocenters. The summed E-state index contributed by atoms with van der Waals surface area (Å²) in [6, 6.07) is 24.4. The van der Waals surface area contributed by atoms with Gasteiger partial charge in [0.15, 0.2) is 0 Å². The van der Waals surface area contributed by atoms with Gasteiger partial charge in [-0.15, -0.1) is 0 Å². The molecule has 1 unspecified atom stereocenters. The number of halogens is 6. The van der Waals surface area contributed by atoms with Gasteiger partial charge >= 0.3 is 12.4 Å². The van der Waals surface area contributed by atoms with E-state index in [1.807, 2.05) is 24.3 Å². The highest BCUT2D eigenvalue weighted by Crippen LogP contribution is 2.38. The number of hydrogen-bond donors (Lipinski definition) is 2. The fraction of sp³-hybridized carbons (Fsp3) is 0.257. The minimum Gasteiger partial charge on any atom is -0.508 e. The minimum absolute atomic E-state index is 0.0203. The van der Waals surface area contributed by atoms with Gasteiger partial charge in [-0.1, -0.05) is 72.8 Å². The van der Waals surface area contributed by atoms with Crippen molar-refractivity contribution >= 4 is 11.8 Å². The van der Waals surface area contributed by atoms with Crippen LogP contribution in [0.4, 0.5) is 26.3 Å². The molecule has 4 aromatic carbocycles. The minimum atomic E-state index is -5.12. The molecule has 46 heavy (non-hydrogen) atoms. The Morgan fingerprint density at radius 1 is 0.761 bits per heavy atom. The summed E-state index contributed by atoms with van der Waals surface area (Å²) in [7, 11) is 1.32. The molecule has 242 valence electrons. The molecule has 2 amide bonds. The van der Waals surface area contributed by atoms with Crippen LogP contribution >= 0.6 is 0 Å². The average Bonchev–Trinajstić information content (AvgIpc) is 3.03. The number of alkyl halides is 6. The molecule has 0 aliphatic rings. The second-order valence-corrected chi connectivity index (χ2v) is 10.9. The van der Waals surface area contributed by atoms with Crippen LogP contribution in [0.2, 0.25) is 0 Å². The lowest BCUT2D eigenvalue weighted by atomic mass is 9.82. The number of carbonyl (C=O) groups excluding carboxylic acids is 2. The van der Waals surface area contributed by atoms with Crippen LogP contribution in [-0.2, 0) is 23.6 Å². The topological polar surface area (TPSA) is 69.6 Å². The summed E-state index contributed by atoms with van der Waals surface area (Å²) in [5.74, 6) is -1.85. The van der Waals surface area contributed by atoms with Gasteiger partial charge in [0.1, 0.15) is 5.75 Å². The zero-order valence-electron chi connectivity index (χ0n) is 24.8. The Morgan fingerprint density at radius 3 is 1.74 bits per heavy atom. The number of phenolic OH excluding ortho intramolecular Hbond substituents is 1. The molecule has 0 heterocycles. The Bertz CT molecular complexity index is 1540. The SMILES string of the molecule is CN(C(=O)c1cc(C(F)(F)F)cc(C(F)(F)F)c1)C(CCC(=O)NCCc1ccc(O)cc1)C(c1ccccc1)c1ccccc1. The maximum atomic E-state index is 13.8. The third-order valence-corrected chi connectivity index (χ3v) is 7.69. The summed E-state index contributed by atoms with van der Waals surface area (Å²) in [6.45, 7) is 0.286. The molecule has 0 bridgehead atoms. The van der Waals surface area contributed by atoms with Crippen molar-refractivity contribution in [3.8, 4) is 5.75 Å². The largest absolute Gasteiger partial charge is 0.508 e. The quantitative estimate of drug-likeness (QED) is 0.164. The predicted molar refractivity (Wildman–Crippen MR) is 161 cm³/mol. The molecule has 2 N–H and O–H groups in total. The number of carbonyl (C=O) groups is 2. The average molecular weight is 643 g/mol. The van der Waals surface area contributed by atoms with Crippen LogP contribution in [0, 0.1) is 0 Å². The highest BCUT2D eigenvalue weighted by Gasteiger charge is 2.39. The first-order valence-electron chi connectivity index (χ1n) is 14.4. The van der Waals surface area contributed by atoms with Gasteiger partial charge in [0, 0.05) is 37.5 Å².